The SMILES string of the molecule is COC(=O)C1OC(OC(C)=O)C(OC(C)=O)[C@@H](C)C1C. The third-order valence-corrected chi connectivity index (χ3v) is 3.39. The van der Waals surface area contributed by atoms with Gasteiger partial charge in [-0.2, -0.15) is 0 Å². The molecule has 7 nitrogen and oxygen atoms in total. The van der Waals surface area contributed by atoms with Gasteiger partial charge in [-0.3, -0.25) is 9.59 Å². The van der Waals surface area contributed by atoms with Crippen molar-refractivity contribution in [2.75, 3.05) is 7.11 Å². The molecule has 114 valence electrons. The summed E-state index contributed by atoms with van der Waals surface area (Å²) in [5.41, 5.74) is 0. The van der Waals surface area contributed by atoms with Gasteiger partial charge in [0, 0.05) is 19.8 Å². The highest BCUT2D eigenvalue weighted by atomic mass is 16.7. The van der Waals surface area contributed by atoms with E-state index in [0.29, 0.717) is 0 Å². The molecule has 0 aromatic heterocycles. The Labute approximate surface area is 117 Å². The van der Waals surface area contributed by atoms with E-state index < -0.39 is 36.4 Å². The Kier molecular flexibility index (Phi) is 5.50. The van der Waals surface area contributed by atoms with Crippen molar-refractivity contribution in [3.63, 3.8) is 0 Å². The van der Waals surface area contributed by atoms with Gasteiger partial charge in [-0.1, -0.05) is 13.8 Å². The minimum atomic E-state index is -1.12. The molecular formula is C13H20O7. The first-order chi connectivity index (χ1) is 9.27. The number of methoxy groups -OCH3 is 1. The standard InChI is InChI=1S/C13H20O7/c1-6-7(2)11(18-8(3)14)13(19-9(4)15)20-10(6)12(16)17-5/h6-7,10-11,13H,1-5H3/t6?,7-,10?,11?,13?/m0/s1. The third kappa shape index (κ3) is 3.69. The smallest absolute Gasteiger partial charge is 0.335 e. The van der Waals surface area contributed by atoms with Crippen molar-refractivity contribution in [1.29, 1.82) is 0 Å². The summed E-state index contributed by atoms with van der Waals surface area (Å²) in [6.45, 7) is 6.05. The lowest BCUT2D eigenvalue weighted by atomic mass is 9.83. The second-order valence-corrected chi connectivity index (χ2v) is 4.85. The molecule has 7 heteroatoms. The van der Waals surface area contributed by atoms with Crippen LogP contribution in [-0.4, -0.2) is 43.5 Å². The maximum absolute atomic E-state index is 11.7. The van der Waals surface area contributed by atoms with E-state index in [-0.39, 0.29) is 11.8 Å². The molecule has 1 saturated heterocycles. The van der Waals surface area contributed by atoms with Crippen LogP contribution in [0.15, 0.2) is 0 Å². The van der Waals surface area contributed by atoms with E-state index >= 15 is 0 Å². The normalized spacial score (nSPS) is 33.1. The number of carbonyl (C=O) groups excluding carboxylic acids is 3. The van der Waals surface area contributed by atoms with E-state index in [1.165, 1.54) is 21.0 Å². The number of esters is 3. The van der Waals surface area contributed by atoms with Crippen molar-refractivity contribution in [2.24, 2.45) is 11.8 Å². The van der Waals surface area contributed by atoms with Gasteiger partial charge in [0.15, 0.2) is 12.2 Å². The van der Waals surface area contributed by atoms with Gasteiger partial charge in [-0.25, -0.2) is 4.79 Å². The van der Waals surface area contributed by atoms with Crippen molar-refractivity contribution in [3.8, 4) is 0 Å². The largest absolute Gasteiger partial charge is 0.467 e. The Hall–Kier alpha value is -1.63. The summed E-state index contributed by atoms with van der Waals surface area (Å²) in [5.74, 6) is -2.13. The van der Waals surface area contributed by atoms with Crippen LogP contribution < -0.4 is 0 Å². The van der Waals surface area contributed by atoms with Gasteiger partial charge >= 0.3 is 17.9 Å². The van der Waals surface area contributed by atoms with Crippen LogP contribution in [0.1, 0.15) is 27.7 Å². The fourth-order valence-electron chi connectivity index (χ4n) is 2.17. The van der Waals surface area contributed by atoms with Crippen molar-refractivity contribution in [1.82, 2.24) is 0 Å². The summed E-state index contributed by atoms with van der Waals surface area (Å²) in [6, 6.07) is 0. The van der Waals surface area contributed by atoms with E-state index in [1.807, 2.05) is 0 Å². The molecule has 0 saturated carbocycles. The Morgan fingerprint density at radius 2 is 1.50 bits per heavy atom. The predicted octanol–water partition coefficient (Wildman–Crippen LogP) is 0.651. The van der Waals surface area contributed by atoms with Gasteiger partial charge in [0.05, 0.1) is 7.11 Å². The van der Waals surface area contributed by atoms with Crippen molar-refractivity contribution in [3.05, 3.63) is 0 Å². The highest BCUT2D eigenvalue weighted by molar-refractivity contribution is 5.75. The molecule has 0 amide bonds. The molecule has 1 aliphatic rings. The van der Waals surface area contributed by atoms with Crippen molar-refractivity contribution >= 4 is 17.9 Å². The zero-order chi connectivity index (χ0) is 15.4. The van der Waals surface area contributed by atoms with Gasteiger partial charge in [0.1, 0.15) is 0 Å². The molecule has 4 unspecified atom stereocenters. The molecule has 0 spiro atoms. The number of ether oxygens (including phenoxy) is 4. The number of carbonyl (C=O) groups is 3. The number of hydrogen-bond acceptors (Lipinski definition) is 7. The van der Waals surface area contributed by atoms with Gasteiger partial charge < -0.3 is 18.9 Å². The number of hydrogen-bond donors (Lipinski definition) is 0. The van der Waals surface area contributed by atoms with E-state index in [9.17, 15) is 14.4 Å². The zero-order valence-corrected chi connectivity index (χ0v) is 12.2. The van der Waals surface area contributed by atoms with Crippen LogP contribution in [0.5, 0.6) is 0 Å². The minimum Gasteiger partial charge on any atom is -0.467 e. The molecular weight excluding hydrogens is 268 g/mol. The molecule has 1 fully saturated rings. The van der Waals surface area contributed by atoms with E-state index in [4.69, 9.17) is 14.2 Å². The van der Waals surface area contributed by atoms with Crippen LogP contribution in [0, 0.1) is 11.8 Å². The first kappa shape index (κ1) is 16.4. The summed E-state index contributed by atoms with van der Waals surface area (Å²) < 4.78 is 20.3. The van der Waals surface area contributed by atoms with Gasteiger partial charge in [-0.15, -0.1) is 0 Å². The molecule has 1 rings (SSSR count). The summed E-state index contributed by atoms with van der Waals surface area (Å²) in [7, 11) is 1.25. The zero-order valence-electron chi connectivity index (χ0n) is 12.2. The van der Waals surface area contributed by atoms with E-state index in [0.717, 1.165) is 0 Å². The molecule has 0 bridgehead atoms. The lowest BCUT2D eigenvalue weighted by Gasteiger charge is -2.41. The molecule has 0 N–H and O–H groups in total. The highest BCUT2D eigenvalue weighted by Crippen LogP contribution is 2.33. The highest BCUT2D eigenvalue weighted by Gasteiger charge is 2.48. The average Bonchev–Trinajstić information content (AvgIpc) is 2.36. The molecule has 1 heterocycles. The van der Waals surface area contributed by atoms with Crippen LogP contribution in [0.4, 0.5) is 0 Å². The fraction of sp³-hybridized carbons (Fsp3) is 0.769. The first-order valence-corrected chi connectivity index (χ1v) is 6.35. The molecule has 1 aliphatic heterocycles. The molecule has 0 aliphatic carbocycles. The quantitative estimate of drug-likeness (QED) is 0.556. The topological polar surface area (TPSA) is 88.1 Å². The Morgan fingerprint density at radius 1 is 0.950 bits per heavy atom. The monoisotopic (exact) mass is 288 g/mol. The summed E-state index contributed by atoms with van der Waals surface area (Å²) in [6.07, 6.45) is -2.75. The van der Waals surface area contributed by atoms with Crippen LogP contribution >= 0.6 is 0 Å². The van der Waals surface area contributed by atoms with Crippen molar-refractivity contribution < 1.29 is 33.3 Å². The van der Waals surface area contributed by atoms with Crippen LogP contribution in [0.3, 0.4) is 0 Å². The molecule has 0 radical (unpaired) electrons. The second-order valence-electron chi connectivity index (χ2n) is 4.85. The van der Waals surface area contributed by atoms with Crippen LogP contribution in [-0.2, 0) is 33.3 Å². The van der Waals surface area contributed by atoms with Gasteiger partial charge in [-0.05, 0) is 5.92 Å². The Bertz CT molecular complexity index is 392. The molecule has 5 atom stereocenters. The fourth-order valence-corrected chi connectivity index (χ4v) is 2.17. The molecule has 20 heavy (non-hydrogen) atoms. The average molecular weight is 288 g/mol. The lowest BCUT2D eigenvalue weighted by molar-refractivity contribution is -0.266. The lowest BCUT2D eigenvalue weighted by Crippen LogP contribution is -2.54. The van der Waals surface area contributed by atoms with Gasteiger partial charge in [0.2, 0.25) is 6.29 Å². The number of rotatable bonds is 3. The van der Waals surface area contributed by atoms with Crippen LogP contribution in [0.25, 0.3) is 0 Å². The third-order valence-electron chi connectivity index (χ3n) is 3.39. The maximum atomic E-state index is 11.7. The Morgan fingerprint density at radius 3 is 1.95 bits per heavy atom. The molecule has 0 aromatic carbocycles. The maximum Gasteiger partial charge on any atom is 0.335 e. The van der Waals surface area contributed by atoms with Crippen molar-refractivity contribution in [2.45, 2.75) is 46.2 Å². The van der Waals surface area contributed by atoms with E-state index in [1.54, 1.807) is 13.8 Å². The first-order valence-electron chi connectivity index (χ1n) is 6.35. The summed E-state index contributed by atoms with van der Waals surface area (Å²) in [4.78, 5) is 34.0. The predicted molar refractivity (Wildman–Crippen MR) is 66.3 cm³/mol. The van der Waals surface area contributed by atoms with Gasteiger partial charge in [0.25, 0.3) is 0 Å². The minimum absolute atomic E-state index is 0.235. The molecule has 0 aromatic rings. The summed E-state index contributed by atoms with van der Waals surface area (Å²) in [5, 5.41) is 0. The van der Waals surface area contributed by atoms with Crippen LogP contribution in [0.2, 0.25) is 0 Å². The van der Waals surface area contributed by atoms with E-state index in [2.05, 4.69) is 4.74 Å². The Balaban J connectivity index is 2.97. The summed E-state index contributed by atoms with van der Waals surface area (Å²) >= 11 is 0. The second kappa shape index (κ2) is 6.69.